The van der Waals surface area contributed by atoms with Gasteiger partial charge in [0.2, 0.25) is 0 Å². The van der Waals surface area contributed by atoms with Crippen LogP contribution in [0.2, 0.25) is 0 Å². The van der Waals surface area contributed by atoms with Gasteiger partial charge >= 0.3 is 12.0 Å². The molecule has 1 heterocycles. The topological polar surface area (TPSA) is 73.3 Å². The first-order valence-electron chi connectivity index (χ1n) is 5.73. The molecular formula is C13H12BrN3O3. The summed E-state index contributed by atoms with van der Waals surface area (Å²) in [6.45, 7) is 0.0920. The van der Waals surface area contributed by atoms with Gasteiger partial charge in [0.15, 0.2) is 0 Å². The molecule has 7 heteroatoms. The first-order valence-corrected chi connectivity index (χ1v) is 6.53. The third kappa shape index (κ3) is 4.20. The Bertz CT molecular complexity index is 590. The number of hydrogen-bond donors (Lipinski definition) is 1. The van der Waals surface area contributed by atoms with Crippen molar-refractivity contribution < 1.29 is 14.3 Å². The smallest absolute Gasteiger partial charge is 0.325 e. The molecule has 0 aliphatic rings. The number of carbonyl (C=O) groups excluding carboxylic acids is 1. The third-order valence-corrected chi connectivity index (χ3v) is 2.71. The van der Waals surface area contributed by atoms with Crippen molar-refractivity contribution in [3.63, 3.8) is 0 Å². The average Bonchev–Trinajstić information content (AvgIpc) is 2.47. The van der Waals surface area contributed by atoms with Crippen LogP contribution in [-0.4, -0.2) is 29.6 Å². The maximum atomic E-state index is 11.1. The summed E-state index contributed by atoms with van der Waals surface area (Å²) < 4.78 is 10.8. The summed E-state index contributed by atoms with van der Waals surface area (Å²) in [5, 5.41) is 2.93. The van der Waals surface area contributed by atoms with Crippen LogP contribution in [0.1, 0.15) is 0 Å². The first kappa shape index (κ1) is 14.3. The van der Waals surface area contributed by atoms with E-state index in [4.69, 9.17) is 4.74 Å². The van der Waals surface area contributed by atoms with Crippen LogP contribution >= 0.6 is 15.9 Å². The molecule has 0 radical (unpaired) electrons. The van der Waals surface area contributed by atoms with Crippen LogP contribution in [0, 0.1) is 0 Å². The number of aromatic nitrogens is 2. The summed E-state index contributed by atoms with van der Waals surface area (Å²) in [5.41, 5.74) is 0.741. The van der Waals surface area contributed by atoms with Gasteiger partial charge in [0, 0.05) is 24.1 Å². The summed E-state index contributed by atoms with van der Waals surface area (Å²) in [5.74, 6) is 0.231. The number of nitrogens with zero attached hydrogens (tertiary/aromatic N) is 2. The number of halogens is 1. The van der Waals surface area contributed by atoms with E-state index in [2.05, 4.69) is 36.0 Å². The van der Waals surface area contributed by atoms with Gasteiger partial charge in [0.1, 0.15) is 12.3 Å². The maximum absolute atomic E-state index is 11.1. The normalized spacial score (nSPS) is 9.90. The SMILES string of the molecule is COC(=O)CNc1cccc(Oc2ncc(Br)cn2)c1. The Morgan fingerprint density at radius 1 is 1.35 bits per heavy atom. The van der Waals surface area contributed by atoms with Crippen molar-refractivity contribution in [3.8, 4) is 11.8 Å². The fraction of sp³-hybridized carbons (Fsp3) is 0.154. The highest BCUT2D eigenvalue weighted by Gasteiger charge is 2.03. The highest BCUT2D eigenvalue weighted by Crippen LogP contribution is 2.21. The van der Waals surface area contributed by atoms with Crippen LogP contribution < -0.4 is 10.1 Å². The molecule has 0 saturated carbocycles. The molecule has 1 aromatic carbocycles. The lowest BCUT2D eigenvalue weighted by molar-refractivity contribution is -0.138. The number of esters is 1. The van der Waals surface area contributed by atoms with Crippen LogP contribution in [0.5, 0.6) is 11.8 Å². The van der Waals surface area contributed by atoms with Crippen molar-refractivity contribution in [2.45, 2.75) is 0 Å². The summed E-state index contributed by atoms with van der Waals surface area (Å²) in [6.07, 6.45) is 3.20. The minimum atomic E-state index is -0.340. The second-order valence-corrected chi connectivity index (χ2v) is 4.66. The molecule has 2 rings (SSSR count). The van der Waals surface area contributed by atoms with E-state index in [1.165, 1.54) is 7.11 Å². The Labute approximate surface area is 124 Å². The molecule has 0 saturated heterocycles. The largest absolute Gasteiger partial charge is 0.468 e. The van der Waals surface area contributed by atoms with Gasteiger partial charge in [-0.05, 0) is 28.1 Å². The van der Waals surface area contributed by atoms with Crippen LogP contribution in [0.25, 0.3) is 0 Å². The lowest BCUT2D eigenvalue weighted by Gasteiger charge is -2.07. The summed E-state index contributed by atoms with van der Waals surface area (Å²) in [7, 11) is 1.34. The Morgan fingerprint density at radius 2 is 2.10 bits per heavy atom. The highest BCUT2D eigenvalue weighted by molar-refractivity contribution is 9.10. The van der Waals surface area contributed by atoms with E-state index in [0.717, 1.165) is 10.2 Å². The standard InChI is InChI=1S/C13H12BrN3O3/c1-19-12(18)8-15-10-3-2-4-11(5-10)20-13-16-6-9(14)7-17-13/h2-7,15H,8H2,1H3. The fourth-order valence-corrected chi connectivity index (χ4v) is 1.58. The second-order valence-electron chi connectivity index (χ2n) is 3.74. The Morgan fingerprint density at radius 3 is 2.80 bits per heavy atom. The van der Waals surface area contributed by atoms with E-state index >= 15 is 0 Å². The number of carbonyl (C=O) groups is 1. The van der Waals surface area contributed by atoms with Crippen LogP contribution in [0.4, 0.5) is 5.69 Å². The summed E-state index contributed by atoms with van der Waals surface area (Å²) >= 11 is 3.25. The zero-order chi connectivity index (χ0) is 14.4. The minimum Gasteiger partial charge on any atom is -0.468 e. The Hall–Kier alpha value is -2.15. The van der Waals surface area contributed by atoms with Gasteiger partial charge in [0.25, 0.3) is 0 Å². The van der Waals surface area contributed by atoms with E-state index in [0.29, 0.717) is 5.75 Å². The van der Waals surface area contributed by atoms with Gasteiger partial charge in [-0.2, -0.15) is 0 Å². The number of ether oxygens (including phenoxy) is 2. The molecule has 0 amide bonds. The first-order chi connectivity index (χ1) is 9.67. The van der Waals surface area contributed by atoms with Gasteiger partial charge in [-0.3, -0.25) is 4.79 Å². The van der Waals surface area contributed by atoms with Gasteiger partial charge < -0.3 is 14.8 Å². The van der Waals surface area contributed by atoms with Crippen molar-refractivity contribution in [1.82, 2.24) is 9.97 Å². The van der Waals surface area contributed by atoms with Crippen molar-refractivity contribution in [2.75, 3.05) is 19.0 Å². The molecule has 0 fully saturated rings. The number of rotatable bonds is 5. The number of methoxy groups -OCH3 is 1. The molecular weight excluding hydrogens is 326 g/mol. The van der Waals surface area contributed by atoms with Gasteiger partial charge in [0.05, 0.1) is 11.6 Å². The monoisotopic (exact) mass is 337 g/mol. The molecule has 0 atom stereocenters. The van der Waals surface area contributed by atoms with Crippen LogP contribution in [-0.2, 0) is 9.53 Å². The molecule has 0 unspecified atom stereocenters. The van der Waals surface area contributed by atoms with E-state index in [1.54, 1.807) is 30.6 Å². The van der Waals surface area contributed by atoms with Crippen molar-refractivity contribution in [2.24, 2.45) is 0 Å². The number of nitrogens with one attached hydrogen (secondary N) is 1. The van der Waals surface area contributed by atoms with Crippen molar-refractivity contribution in [3.05, 3.63) is 41.1 Å². The van der Waals surface area contributed by atoms with E-state index < -0.39 is 0 Å². The number of benzene rings is 1. The van der Waals surface area contributed by atoms with Gasteiger partial charge in [-0.25, -0.2) is 9.97 Å². The van der Waals surface area contributed by atoms with E-state index in [1.807, 2.05) is 6.07 Å². The molecule has 2 aromatic rings. The van der Waals surface area contributed by atoms with Gasteiger partial charge in [-0.1, -0.05) is 6.07 Å². The molecule has 0 bridgehead atoms. The number of hydrogen-bond acceptors (Lipinski definition) is 6. The molecule has 1 N–H and O–H groups in total. The van der Waals surface area contributed by atoms with Crippen LogP contribution in [0.3, 0.4) is 0 Å². The lowest BCUT2D eigenvalue weighted by atomic mass is 10.3. The predicted octanol–water partition coefficient (Wildman–Crippen LogP) is 2.62. The predicted molar refractivity (Wildman–Crippen MR) is 76.8 cm³/mol. The van der Waals surface area contributed by atoms with Crippen LogP contribution in [0.15, 0.2) is 41.1 Å². The van der Waals surface area contributed by atoms with Crippen molar-refractivity contribution >= 4 is 27.6 Å². The van der Waals surface area contributed by atoms with E-state index in [9.17, 15) is 4.79 Å². The zero-order valence-electron chi connectivity index (χ0n) is 10.7. The molecule has 20 heavy (non-hydrogen) atoms. The molecule has 104 valence electrons. The van der Waals surface area contributed by atoms with Gasteiger partial charge in [-0.15, -0.1) is 0 Å². The number of anilines is 1. The molecule has 6 nitrogen and oxygen atoms in total. The Kier molecular flexibility index (Phi) is 4.89. The maximum Gasteiger partial charge on any atom is 0.325 e. The third-order valence-electron chi connectivity index (χ3n) is 2.30. The lowest BCUT2D eigenvalue weighted by Crippen LogP contribution is -2.14. The zero-order valence-corrected chi connectivity index (χ0v) is 12.3. The molecule has 1 aromatic heterocycles. The summed E-state index contributed by atoms with van der Waals surface area (Å²) in [6, 6.07) is 7.38. The minimum absolute atomic E-state index is 0.0920. The fourth-order valence-electron chi connectivity index (χ4n) is 1.37. The second kappa shape index (κ2) is 6.85. The quantitative estimate of drug-likeness (QED) is 0.845. The average molecular weight is 338 g/mol. The summed E-state index contributed by atoms with van der Waals surface area (Å²) in [4.78, 5) is 19.1. The Balaban J connectivity index is 2.02. The molecule has 0 aliphatic heterocycles. The molecule has 0 spiro atoms. The molecule has 0 aliphatic carbocycles. The highest BCUT2D eigenvalue weighted by atomic mass is 79.9. The van der Waals surface area contributed by atoms with Crippen molar-refractivity contribution in [1.29, 1.82) is 0 Å². The van der Waals surface area contributed by atoms with E-state index in [-0.39, 0.29) is 18.5 Å².